The van der Waals surface area contributed by atoms with Gasteiger partial charge < -0.3 is 5.32 Å². The third kappa shape index (κ3) is 4.25. The molecule has 4 rings (SSSR count). The van der Waals surface area contributed by atoms with Crippen LogP contribution in [0.3, 0.4) is 0 Å². The number of carbonyl (C=O) groups excluding carboxylic acids is 1. The highest BCUT2D eigenvalue weighted by molar-refractivity contribution is 7.80. The summed E-state index contributed by atoms with van der Waals surface area (Å²) in [6.45, 7) is 1.56. The van der Waals surface area contributed by atoms with E-state index in [-0.39, 0.29) is 11.8 Å². The van der Waals surface area contributed by atoms with Crippen molar-refractivity contribution >= 4 is 34.5 Å². The van der Waals surface area contributed by atoms with Crippen LogP contribution in [0.2, 0.25) is 0 Å². The number of Topliss-reactive ketones (excluding diaryl/α,β-unsaturated/α-hetero) is 1. The Labute approximate surface area is 175 Å². The van der Waals surface area contributed by atoms with Crippen LogP contribution in [0.15, 0.2) is 90.0 Å². The minimum Gasteiger partial charge on any atom is -0.331 e. The second-order valence-electron chi connectivity index (χ2n) is 6.95. The zero-order chi connectivity index (χ0) is 20.2. The maximum absolute atomic E-state index is 11.5. The van der Waals surface area contributed by atoms with Crippen molar-refractivity contribution in [1.82, 2.24) is 5.01 Å². The number of hydrogen-bond acceptors (Lipinski definition) is 3. The molecule has 0 bridgehead atoms. The van der Waals surface area contributed by atoms with Gasteiger partial charge in [0.25, 0.3) is 0 Å². The number of ketones is 1. The van der Waals surface area contributed by atoms with E-state index in [2.05, 4.69) is 29.6 Å². The predicted molar refractivity (Wildman–Crippen MR) is 121 cm³/mol. The van der Waals surface area contributed by atoms with Gasteiger partial charge >= 0.3 is 0 Å². The molecule has 0 radical (unpaired) electrons. The second-order valence-corrected chi connectivity index (χ2v) is 7.34. The lowest BCUT2D eigenvalue weighted by Crippen LogP contribution is -2.31. The second kappa shape index (κ2) is 8.37. The minimum atomic E-state index is 0.0305. The smallest absolute Gasteiger partial charge is 0.194 e. The van der Waals surface area contributed by atoms with Crippen LogP contribution in [-0.4, -0.2) is 21.6 Å². The molecule has 5 heteroatoms. The van der Waals surface area contributed by atoms with E-state index in [1.54, 1.807) is 19.1 Å². The normalized spacial score (nSPS) is 15.7. The monoisotopic (exact) mass is 399 g/mol. The lowest BCUT2D eigenvalue weighted by Gasteiger charge is -2.25. The van der Waals surface area contributed by atoms with Crippen molar-refractivity contribution < 1.29 is 4.79 Å². The third-order valence-electron chi connectivity index (χ3n) is 4.95. The molecule has 3 aromatic carbocycles. The van der Waals surface area contributed by atoms with E-state index in [9.17, 15) is 4.79 Å². The largest absolute Gasteiger partial charge is 0.331 e. The fraction of sp³-hybridized carbons (Fsp3) is 0.125. The Bertz CT molecular complexity index is 1050. The zero-order valence-corrected chi connectivity index (χ0v) is 16.9. The number of hydrazone groups is 1. The standard InChI is InChI=1S/C24H21N3OS/c1-17(28)18-12-14-21(15-13-18)25-24(29)27-23(20-10-6-3-7-11-20)16-22(26-27)19-8-4-2-5-9-19/h2-15,23H,16H2,1H3,(H,25,29)/t23-/m0/s1. The molecular weight excluding hydrogens is 378 g/mol. The van der Waals surface area contributed by atoms with Crippen LogP contribution in [0.25, 0.3) is 0 Å². The number of nitrogens with one attached hydrogen (secondary N) is 1. The summed E-state index contributed by atoms with van der Waals surface area (Å²) in [7, 11) is 0. The first kappa shape index (κ1) is 19.0. The molecule has 1 atom stereocenters. The van der Waals surface area contributed by atoms with Gasteiger partial charge in [-0.1, -0.05) is 60.7 Å². The fourth-order valence-corrected chi connectivity index (χ4v) is 3.69. The number of carbonyl (C=O) groups is 1. The molecule has 1 aliphatic heterocycles. The summed E-state index contributed by atoms with van der Waals surface area (Å²) in [5.41, 5.74) is 4.78. The van der Waals surface area contributed by atoms with Gasteiger partial charge in [-0.25, -0.2) is 5.01 Å². The van der Waals surface area contributed by atoms with Crippen LogP contribution in [0, 0.1) is 0 Å². The SMILES string of the molecule is CC(=O)c1ccc(NC(=S)N2N=C(c3ccccc3)C[C@H]2c2ccccc2)cc1. The summed E-state index contributed by atoms with van der Waals surface area (Å²) in [4.78, 5) is 11.5. The Morgan fingerprint density at radius 3 is 2.21 bits per heavy atom. The summed E-state index contributed by atoms with van der Waals surface area (Å²) >= 11 is 5.70. The van der Waals surface area contributed by atoms with Gasteiger partial charge in [0.2, 0.25) is 0 Å². The zero-order valence-electron chi connectivity index (χ0n) is 16.1. The number of nitrogens with zero attached hydrogens (tertiary/aromatic N) is 2. The van der Waals surface area contributed by atoms with Crippen LogP contribution >= 0.6 is 12.2 Å². The maximum atomic E-state index is 11.5. The molecule has 1 aliphatic rings. The molecule has 0 saturated heterocycles. The van der Waals surface area contributed by atoms with Gasteiger partial charge in [0.1, 0.15) is 0 Å². The molecule has 1 heterocycles. The van der Waals surface area contributed by atoms with Gasteiger partial charge in [0.15, 0.2) is 10.9 Å². The molecule has 0 fully saturated rings. The summed E-state index contributed by atoms with van der Waals surface area (Å²) in [6.07, 6.45) is 0.777. The Morgan fingerprint density at radius 1 is 0.966 bits per heavy atom. The summed E-state index contributed by atoms with van der Waals surface area (Å²) in [5.74, 6) is 0.0416. The van der Waals surface area contributed by atoms with Crippen LogP contribution in [0.4, 0.5) is 5.69 Å². The molecule has 0 saturated carbocycles. The molecule has 4 nitrogen and oxygen atoms in total. The van der Waals surface area contributed by atoms with E-state index in [0.717, 1.165) is 23.4 Å². The number of benzene rings is 3. The Hall–Kier alpha value is -3.31. The van der Waals surface area contributed by atoms with Crippen molar-refractivity contribution in [2.24, 2.45) is 5.10 Å². The summed E-state index contributed by atoms with van der Waals surface area (Å²) < 4.78 is 0. The first-order chi connectivity index (χ1) is 14.1. The summed E-state index contributed by atoms with van der Waals surface area (Å²) in [6, 6.07) is 27.8. The number of thiocarbonyl (C=S) groups is 1. The molecule has 0 aliphatic carbocycles. The van der Waals surface area contributed by atoms with Gasteiger partial charge in [-0.05, 0) is 54.5 Å². The van der Waals surface area contributed by atoms with Crippen LogP contribution < -0.4 is 5.32 Å². The van der Waals surface area contributed by atoms with Crippen molar-refractivity contribution in [3.05, 3.63) is 102 Å². The lowest BCUT2D eigenvalue weighted by molar-refractivity contribution is 0.101. The van der Waals surface area contributed by atoms with Gasteiger partial charge in [-0.2, -0.15) is 5.10 Å². The molecule has 0 spiro atoms. The van der Waals surface area contributed by atoms with Crippen LogP contribution in [0.1, 0.15) is 40.9 Å². The topological polar surface area (TPSA) is 44.7 Å². The van der Waals surface area contributed by atoms with E-state index in [4.69, 9.17) is 17.3 Å². The minimum absolute atomic E-state index is 0.0305. The van der Waals surface area contributed by atoms with Gasteiger partial charge in [0, 0.05) is 17.7 Å². The average molecular weight is 400 g/mol. The molecule has 0 aromatic heterocycles. The van der Waals surface area contributed by atoms with Crippen LogP contribution in [0.5, 0.6) is 0 Å². The first-order valence-corrected chi connectivity index (χ1v) is 9.92. The fourth-order valence-electron chi connectivity index (χ4n) is 3.41. The first-order valence-electron chi connectivity index (χ1n) is 9.51. The van der Waals surface area contributed by atoms with Crippen molar-refractivity contribution in [2.75, 3.05) is 5.32 Å². The Balaban J connectivity index is 1.60. The highest BCUT2D eigenvalue weighted by atomic mass is 32.1. The average Bonchev–Trinajstić information content (AvgIpc) is 3.21. The van der Waals surface area contributed by atoms with Crippen molar-refractivity contribution in [1.29, 1.82) is 0 Å². The van der Waals surface area contributed by atoms with Crippen molar-refractivity contribution in [3.63, 3.8) is 0 Å². The van der Waals surface area contributed by atoms with E-state index in [1.807, 2.05) is 53.5 Å². The van der Waals surface area contributed by atoms with Crippen LogP contribution in [-0.2, 0) is 0 Å². The molecular formula is C24H21N3OS. The van der Waals surface area contributed by atoms with Gasteiger partial charge in [-0.15, -0.1) is 0 Å². The third-order valence-corrected chi connectivity index (χ3v) is 5.24. The van der Waals surface area contributed by atoms with Gasteiger partial charge in [-0.3, -0.25) is 4.79 Å². The summed E-state index contributed by atoms with van der Waals surface area (Å²) in [5, 5.41) is 10.5. The number of hydrogen-bond donors (Lipinski definition) is 1. The number of rotatable bonds is 4. The van der Waals surface area contributed by atoms with E-state index < -0.39 is 0 Å². The molecule has 1 N–H and O–H groups in total. The lowest BCUT2D eigenvalue weighted by atomic mass is 9.99. The quantitative estimate of drug-likeness (QED) is 0.469. The molecule has 0 unspecified atom stereocenters. The van der Waals surface area contributed by atoms with Crippen molar-refractivity contribution in [2.45, 2.75) is 19.4 Å². The van der Waals surface area contributed by atoms with E-state index in [1.165, 1.54) is 5.56 Å². The molecule has 29 heavy (non-hydrogen) atoms. The predicted octanol–water partition coefficient (Wildman–Crippen LogP) is 5.44. The Kier molecular flexibility index (Phi) is 5.49. The van der Waals surface area contributed by atoms with E-state index >= 15 is 0 Å². The highest BCUT2D eigenvalue weighted by Gasteiger charge is 2.31. The van der Waals surface area contributed by atoms with Crippen molar-refractivity contribution in [3.8, 4) is 0 Å². The maximum Gasteiger partial charge on any atom is 0.194 e. The molecule has 3 aromatic rings. The molecule has 144 valence electrons. The van der Waals surface area contributed by atoms with Gasteiger partial charge in [0.05, 0.1) is 11.8 Å². The Morgan fingerprint density at radius 2 is 1.59 bits per heavy atom. The molecule has 0 amide bonds. The number of anilines is 1. The van der Waals surface area contributed by atoms with E-state index in [0.29, 0.717) is 10.7 Å². The highest BCUT2D eigenvalue weighted by Crippen LogP contribution is 2.33.